The van der Waals surface area contributed by atoms with Crippen LogP contribution in [0.15, 0.2) is 0 Å². The lowest BCUT2D eigenvalue weighted by atomic mass is 10.2. The van der Waals surface area contributed by atoms with Gasteiger partial charge in [-0.25, -0.2) is 0 Å². The minimum Gasteiger partial charge on any atom is -0.120 e. The Labute approximate surface area is 53.0 Å². The van der Waals surface area contributed by atoms with Gasteiger partial charge >= 0.3 is 0 Å². The maximum absolute atomic E-state index is 7.34. The molecule has 0 saturated heterocycles. The first-order valence-electron chi connectivity index (χ1n) is 4.81. The van der Waals surface area contributed by atoms with Gasteiger partial charge in [-0.05, 0) is 6.37 Å². The van der Waals surface area contributed by atoms with Gasteiger partial charge in [-0.3, -0.25) is 0 Å². The summed E-state index contributed by atoms with van der Waals surface area (Å²) in [5.41, 5.74) is 0. The summed E-state index contributed by atoms with van der Waals surface area (Å²) in [4.78, 5) is 0. The molecule has 0 radical (unpaired) electrons. The van der Waals surface area contributed by atoms with E-state index in [1.54, 1.807) is 13.3 Å². The van der Waals surface area contributed by atoms with Crippen molar-refractivity contribution in [3.63, 3.8) is 0 Å². The molecule has 0 heterocycles. The Bertz CT molecular complexity index is 198. The van der Waals surface area contributed by atoms with E-state index in [1.807, 2.05) is 5.92 Å². The Morgan fingerprint density at radius 2 is 2.86 bits per heavy atom. The predicted molar refractivity (Wildman–Crippen MR) is 33.0 cm³/mol. The Morgan fingerprint density at radius 1 is 2.00 bits per heavy atom. The molecule has 0 aliphatic rings. The smallest absolute Gasteiger partial charge is 0.120 e. The van der Waals surface area contributed by atoms with Crippen molar-refractivity contribution in [1.82, 2.24) is 0 Å². The molecule has 0 amide bonds. The van der Waals surface area contributed by atoms with Crippen molar-refractivity contribution < 1.29 is 6.85 Å². The van der Waals surface area contributed by atoms with E-state index >= 15 is 0 Å². The van der Waals surface area contributed by atoms with Gasteiger partial charge < -0.3 is 0 Å². The molecule has 7 heavy (non-hydrogen) atoms. The lowest BCUT2D eigenvalue weighted by molar-refractivity contribution is 0.737. The van der Waals surface area contributed by atoms with E-state index < -0.39 is 12.7 Å². The summed E-state index contributed by atoms with van der Waals surface area (Å²) in [6.45, 7) is 1.78. The summed E-state index contributed by atoms with van der Waals surface area (Å²) >= 11 is 0. The highest BCUT2D eigenvalue weighted by Gasteiger charge is 1.77. The van der Waals surface area contributed by atoms with Gasteiger partial charge in [0.15, 0.2) is 0 Å². The van der Waals surface area contributed by atoms with E-state index in [4.69, 9.17) is 6.85 Å². The van der Waals surface area contributed by atoms with Gasteiger partial charge in [0.1, 0.15) is 1.37 Å². The molecule has 0 atom stereocenters. The molecule has 0 bridgehead atoms. The van der Waals surface area contributed by atoms with Crippen LogP contribution in [0.3, 0.4) is 0 Å². The number of rotatable bonds is 3. The zero-order chi connectivity index (χ0) is 9.83. The second-order valence-electron chi connectivity index (χ2n) is 1.18. The van der Waals surface area contributed by atoms with Crippen LogP contribution in [-0.2, 0) is 0 Å². The third-order valence-corrected chi connectivity index (χ3v) is 0.526. The number of hydrogen-bond acceptors (Lipinski definition) is 0. The summed E-state index contributed by atoms with van der Waals surface area (Å²) in [7, 11) is 0. The minimum atomic E-state index is -2.22. The highest BCUT2D eigenvalue weighted by molar-refractivity contribution is 4.82. The molecule has 0 nitrogen and oxygen atoms in total. The van der Waals surface area contributed by atoms with Crippen LogP contribution in [0.25, 0.3) is 0 Å². The molecule has 0 unspecified atom stereocenters. The number of terminal acetylenes is 1. The second kappa shape index (κ2) is 5.56. The van der Waals surface area contributed by atoms with Gasteiger partial charge in [0.05, 0.1) is 0 Å². The van der Waals surface area contributed by atoms with Crippen LogP contribution < -0.4 is 0 Å². The van der Waals surface area contributed by atoms with Crippen molar-refractivity contribution in [1.29, 1.82) is 0 Å². The molecule has 0 aromatic rings. The van der Waals surface area contributed by atoms with Crippen LogP contribution in [-0.4, -0.2) is 0 Å². The zero-order valence-electron chi connectivity index (χ0n) is 9.41. The van der Waals surface area contributed by atoms with Crippen molar-refractivity contribution in [3.05, 3.63) is 0 Å². The van der Waals surface area contributed by atoms with Crippen molar-refractivity contribution in [2.45, 2.75) is 32.5 Å². The topological polar surface area (TPSA) is 0 Å². The van der Waals surface area contributed by atoms with Crippen LogP contribution in [0.2, 0.25) is 0 Å². The maximum Gasteiger partial charge on any atom is 0.124 e. The van der Waals surface area contributed by atoms with Gasteiger partial charge in [-0.1, -0.05) is 19.8 Å². The molecule has 0 N–H and O–H groups in total. The van der Waals surface area contributed by atoms with Crippen LogP contribution in [0, 0.1) is 12.3 Å². The third kappa shape index (κ3) is 5.56. The first kappa shape index (κ1) is 1.82. The van der Waals surface area contributed by atoms with Crippen molar-refractivity contribution in [2.75, 3.05) is 0 Å². The average Bonchev–Trinajstić information content (AvgIpc) is 1.86. The van der Waals surface area contributed by atoms with Gasteiger partial charge in [-0.2, -0.15) is 0 Å². The molecule has 0 spiro atoms. The summed E-state index contributed by atoms with van der Waals surface area (Å²) in [6, 6.07) is 0. The van der Waals surface area contributed by atoms with Crippen molar-refractivity contribution >= 4 is 0 Å². The lowest BCUT2D eigenvalue weighted by Gasteiger charge is -1.86. The normalized spacial score (nSPS) is 21.6. The predicted octanol–water partition coefficient (Wildman–Crippen LogP) is 2.20. The van der Waals surface area contributed by atoms with Crippen LogP contribution in [0.5, 0.6) is 0 Å². The highest BCUT2D eigenvalue weighted by atomic mass is 13.8. The second-order valence-corrected chi connectivity index (χ2v) is 1.18. The fourth-order valence-electron chi connectivity index (χ4n) is 0.232. The van der Waals surface area contributed by atoms with E-state index in [0.29, 0.717) is 6.42 Å². The van der Waals surface area contributed by atoms with E-state index in [-0.39, 0.29) is 6.42 Å². The fourth-order valence-corrected chi connectivity index (χ4v) is 0.232. The molecule has 0 heteroatoms. The van der Waals surface area contributed by atoms with Crippen molar-refractivity contribution in [3.8, 4) is 12.3 Å². The largest absolute Gasteiger partial charge is 0.124 e. The lowest BCUT2D eigenvalue weighted by Crippen LogP contribution is -1.68. The molecule has 0 saturated carbocycles. The molecule has 0 fully saturated rings. The first-order chi connectivity index (χ1) is 5.37. The minimum absolute atomic E-state index is 0.120. The quantitative estimate of drug-likeness (QED) is 0.478. The Hall–Kier alpha value is -0.440. The molecule has 0 aromatic heterocycles. The van der Waals surface area contributed by atoms with E-state index in [9.17, 15) is 0 Å². The Morgan fingerprint density at radius 3 is 3.43 bits per heavy atom. The SMILES string of the molecule is [2H]C#CC([2H])([2H])C([2H])([2H])CCC. The van der Waals surface area contributed by atoms with Crippen LogP contribution in [0.1, 0.15) is 39.4 Å². The van der Waals surface area contributed by atoms with Crippen molar-refractivity contribution in [2.24, 2.45) is 0 Å². The molecular weight excluding hydrogens is 84.1 g/mol. The van der Waals surface area contributed by atoms with E-state index in [1.165, 1.54) is 0 Å². The molecule has 0 aliphatic heterocycles. The van der Waals surface area contributed by atoms with Gasteiger partial charge in [-0.15, -0.1) is 12.3 Å². The third-order valence-electron chi connectivity index (χ3n) is 0.526. The Kier molecular flexibility index (Phi) is 1.44. The van der Waals surface area contributed by atoms with Gasteiger partial charge in [0.25, 0.3) is 0 Å². The monoisotopic (exact) mass is 101 g/mol. The standard InChI is InChI=1S/C7H12/c1-3-5-7-6-4-2/h1H,4-7H2,2H3/i1D,5D2,7D2. The Balaban J connectivity index is 4.58. The summed E-state index contributed by atoms with van der Waals surface area (Å²) in [6.07, 6.45) is -1.84. The molecule has 0 aromatic carbocycles. The maximum atomic E-state index is 7.34. The summed E-state index contributed by atoms with van der Waals surface area (Å²) < 4.78 is 35.6. The summed E-state index contributed by atoms with van der Waals surface area (Å²) in [5, 5.41) is 0. The number of hydrogen-bond donors (Lipinski definition) is 0. The zero-order valence-corrected chi connectivity index (χ0v) is 4.41. The van der Waals surface area contributed by atoms with Gasteiger partial charge in [0, 0.05) is 11.9 Å². The molecular formula is C7H12. The first-order valence-corrected chi connectivity index (χ1v) is 2.31. The summed E-state index contributed by atoms with van der Waals surface area (Å²) in [5.74, 6) is 1.92. The van der Waals surface area contributed by atoms with Crippen LogP contribution in [0.4, 0.5) is 0 Å². The average molecular weight is 101 g/mol. The van der Waals surface area contributed by atoms with Gasteiger partial charge in [0.2, 0.25) is 0 Å². The van der Waals surface area contributed by atoms with E-state index in [2.05, 4.69) is 0 Å². The molecule has 0 aliphatic carbocycles. The highest BCUT2D eigenvalue weighted by Crippen LogP contribution is 1.95. The molecule has 0 rings (SSSR count). The van der Waals surface area contributed by atoms with Crippen LogP contribution >= 0.6 is 0 Å². The fraction of sp³-hybridized carbons (Fsp3) is 0.714. The van der Waals surface area contributed by atoms with E-state index in [0.717, 1.165) is 0 Å². The molecule has 40 valence electrons.